The van der Waals surface area contributed by atoms with Gasteiger partial charge < -0.3 is 15.5 Å². The second-order valence-electron chi connectivity index (χ2n) is 7.36. The summed E-state index contributed by atoms with van der Waals surface area (Å²) < 4.78 is 5.83. The molecule has 0 aliphatic heterocycles. The van der Waals surface area contributed by atoms with Crippen LogP contribution in [0, 0.1) is 0 Å². The number of fused-ring (bicyclic) bond motifs is 2. The quantitative estimate of drug-likeness (QED) is 0.385. The third-order valence-electron chi connectivity index (χ3n) is 5.59. The van der Waals surface area contributed by atoms with Gasteiger partial charge in [0.2, 0.25) is 0 Å². The lowest BCUT2D eigenvalue weighted by Crippen LogP contribution is -1.99. The molecular weight excluding hydrogens is 358 g/mol. The smallest absolute Gasteiger partial charge is 0.145 e. The highest BCUT2D eigenvalue weighted by Crippen LogP contribution is 2.38. The molecule has 2 aromatic heterocycles. The predicted molar refractivity (Wildman–Crippen MR) is 122 cm³/mol. The van der Waals surface area contributed by atoms with Crippen LogP contribution in [0.15, 0.2) is 48.7 Å². The predicted octanol–water partition coefficient (Wildman–Crippen LogP) is 5.63. The number of hydrogen-bond acceptors (Lipinski definition) is 3. The van der Waals surface area contributed by atoms with Gasteiger partial charge >= 0.3 is 0 Å². The molecule has 0 spiro atoms. The molecule has 0 aliphatic rings. The molecule has 0 aliphatic carbocycles. The average molecular weight is 388 g/mol. The van der Waals surface area contributed by atoms with Crippen LogP contribution in [-0.4, -0.2) is 23.1 Å². The Bertz CT molecular complexity index is 1130. The number of hydrogen-bond donors (Lipinski definition) is 2. The number of aryl methyl sites for hydroxylation is 2. The van der Waals surface area contributed by atoms with Crippen LogP contribution >= 0.6 is 0 Å². The minimum absolute atomic E-state index is 0.627. The summed E-state index contributed by atoms with van der Waals surface area (Å²) in [6.07, 6.45) is 5.96. The number of unbranched alkanes of at least 4 members (excludes halogenated alkanes) is 1. The minimum Gasteiger partial charge on any atom is -0.492 e. The number of pyridine rings is 1. The van der Waals surface area contributed by atoms with E-state index in [9.17, 15) is 0 Å². The van der Waals surface area contributed by atoms with Gasteiger partial charge in [0.15, 0.2) is 0 Å². The van der Waals surface area contributed by atoms with Crippen molar-refractivity contribution in [1.29, 1.82) is 0 Å². The molecular formula is C25H29N3O. The lowest BCUT2D eigenvalue weighted by Gasteiger charge is -2.12. The first-order valence-corrected chi connectivity index (χ1v) is 10.6. The molecule has 0 fully saturated rings. The van der Waals surface area contributed by atoms with Crippen molar-refractivity contribution in [2.75, 3.05) is 13.2 Å². The van der Waals surface area contributed by atoms with Crippen LogP contribution in [0.2, 0.25) is 0 Å². The summed E-state index contributed by atoms with van der Waals surface area (Å²) in [5, 5.41) is 2.44. The van der Waals surface area contributed by atoms with Gasteiger partial charge in [-0.3, -0.25) is 4.98 Å². The second-order valence-corrected chi connectivity index (χ2v) is 7.36. The largest absolute Gasteiger partial charge is 0.492 e. The standard InChI is InChI=1S/C25H29N3O/c1-3-17-9-7-11-18-19(10-5-6-15-26)24(28-23(17)18)21-13-14-22(29-4-2)25-20(21)12-8-16-27-25/h7-9,11-14,16,28H,3-6,10,15,26H2,1-2H3. The van der Waals surface area contributed by atoms with E-state index in [2.05, 4.69) is 47.2 Å². The first-order chi connectivity index (χ1) is 14.3. The van der Waals surface area contributed by atoms with Crippen LogP contribution in [0.5, 0.6) is 5.75 Å². The number of nitrogens with zero attached hydrogens (tertiary/aromatic N) is 1. The number of nitrogens with two attached hydrogens (primary N) is 1. The van der Waals surface area contributed by atoms with Gasteiger partial charge in [0.25, 0.3) is 0 Å². The Hall–Kier alpha value is -2.85. The van der Waals surface area contributed by atoms with Crippen molar-refractivity contribution in [2.24, 2.45) is 5.73 Å². The van der Waals surface area contributed by atoms with Crippen LogP contribution < -0.4 is 10.5 Å². The van der Waals surface area contributed by atoms with Crippen molar-refractivity contribution in [3.05, 3.63) is 59.8 Å². The van der Waals surface area contributed by atoms with E-state index >= 15 is 0 Å². The molecule has 0 unspecified atom stereocenters. The molecule has 4 rings (SSSR count). The van der Waals surface area contributed by atoms with E-state index < -0.39 is 0 Å². The van der Waals surface area contributed by atoms with Gasteiger partial charge in [-0.25, -0.2) is 0 Å². The fraction of sp³-hybridized carbons (Fsp3) is 0.320. The van der Waals surface area contributed by atoms with Gasteiger partial charge in [-0.15, -0.1) is 0 Å². The summed E-state index contributed by atoms with van der Waals surface area (Å²) in [5.41, 5.74) is 13.0. The second kappa shape index (κ2) is 8.66. The molecule has 2 heterocycles. The maximum atomic E-state index is 5.83. The van der Waals surface area contributed by atoms with E-state index in [1.165, 1.54) is 33.3 Å². The van der Waals surface area contributed by atoms with Crippen molar-refractivity contribution in [3.8, 4) is 17.0 Å². The number of para-hydroxylation sites is 1. The number of aromatic nitrogens is 2. The average Bonchev–Trinajstić information content (AvgIpc) is 3.13. The summed E-state index contributed by atoms with van der Waals surface area (Å²) in [6, 6.07) is 15.0. The number of aromatic amines is 1. The van der Waals surface area contributed by atoms with Crippen molar-refractivity contribution in [3.63, 3.8) is 0 Å². The molecule has 29 heavy (non-hydrogen) atoms. The van der Waals surface area contributed by atoms with Crippen molar-refractivity contribution in [1.82, 2.24) is 9.97 Å². The van der Waals surface area contributed by atoms with E-state index in [1.807, 2.05) is 25.3 Å². The van der Waals surface area contributed by atoms with Crippen LogP contribution in [0.25, 0.3) is 33.1 Å². The number of nitrogens with one attached hydrogen (secondary N) is 1. The number of ether oxygens (including phenoxy) is 1. The third kappa shape index (κ3) is 3.60. The van der Waals surface area contributed by atoms with Crippen molar-refractivity contribution in [2.45, 2.75) is 39.5 Å². The fourth-order valence-corrected chi connectivity index (χ4v) is 4.20. The first kappa shape index (κ1) is 19.5. The maximum Gasteiger partial charge on any atom is 0.145 e. The molecule has 0 atom stereocenters. The Labute approximate surface area is 172 Å². The molecule has 0 bridgehead atoms. The zero-order valence-corrected chi connectivity index (χ0v) is 17.3. The number of benzene rings is 2. The Morgan fingerprint density at radius 1 is 1.00 bits per heavy atom. The maximum absolute atomic E-state index is 5.83. The van der Waals surface area contributed by atoms with E-state index in [0.717, 1.165) is 48.9 Å². The minimum atomic E-state index is 0.627. The summed E-state index contributed by atoms with van der Waals surface area (Å²) in [4.78, 5) is 8.39. The topological polar surface area (TPSA) is 63.9 Å². The first-order valence-electron chi connectivity index (χ1n) is 10.6. The normalized spacial score (nSPS) is 11.4. The van der Waals surface area contributed by atoms with Crippen LogP contribution in [0.3, 0.4) is 0 Å². The zero-order valence-electron chi connectivity index (χ0n) is 17.3. The Morgan fingerprint density at radius 2 is 1.86 bits per heavy atom. The van der Waals surface area contributed by atoms with Crippen LogP contribution in [0.4, 0.5) is 0 Å². The lowest BCUT2D eigenvalue weighted by atomic mass is 9.97. The van der Waals surface area contributed by atoms with E-state index in [0.29, 0.717) is 6.61 Å². The third-order valence-corrected chi connectivity index (χ3v) is 5.59. The van der Waals surface area contributed by atoms with Gasteiger partial charge in [0, 0.05) is 28.0 Å². The highest BCUT2D eigenvalue weighted by molar-refractivity contribution is 6.02. The fourth-order valence-electron chi connectivity index (χ4n) is 4.20. The Kier molecular flexibility index (Phi) is 5.81. The van der Waals surface area contributed by atoms with Gasteiger partial charge in [0.1, 0.15) is 11.3 Å². The Morgan fingerprint density at radius 3 is 2.66 bits per heavy atom. The summed E-state index contributed by atoms with van der Waals surface area (Å²) in [5.74, 6) is 0.835. The monoisotopic (exact) mass is 387 g/mol. The molecule has 3 N–H and O–H groups in total. The zero-order chi connectivity index (χ0) is 20.2. The van der Waals surface area contributed by atoms with Crippen LogP contribution in [-0.2, 0) is 12.8 Å². The number of H-pyrrole nitrogens is 1. The van der Waals surface area contributed by atoms with Crippen molar-refractivity contribution >= 4 is 21.8 Å². The number of rotatable bonds is 8. The lowest BCUT2D eigenvalue weighted by molar-refractivity contribution is 0.343. The molecule has 4 aromatic rings. The SMILES string of the molecule is CCOc1ccc(-c2[nH]c3c(CC)cccc3c2CCCCN)c2cccnc12. The highest BCUT2D eigenvalue weighted by Gasteiger charge is 2.18. The molecule has 2 aromatic carbocycles. The summed E-state index contributed by atoms with van der Waals surface area (Å²) in [6.45, 7) is 5.57. The van der Waals surface area contributed by atoms with Gasteiger partial charge in [-0.2, -0.15) is 0 Å². The molecule has 0 saturated heterocycles. The van der Waals surface area contributed by atoms with E-state index in [-0.39, 0.29) is 0 Å². The van der Waals surface area contributed by atoms with Crippen molar-refractivity contribution < 1.29 is 4.74 Å². The molecule has 150 valence electrons. The highest BCUT2D eigenvalue weighted by atomic mass is 16.5. The molecule has 0 radical (unpaired) electrons. The van der Waals surface area contributed by atoms with Gasteiger partial charge in [-0.1, -0.05) is 31.2 Å². The molecule has 0 saturated carbocycles. The molecule has 0 amide bonds. The summed E-state index contributed by atoms with van der Waals surface area (Å²) in [7, 11) is 0. The summed E-state index contributed by atoms with van der Waals surface area (Å²) >= 11 is 0. The molecule has 4 nitrogen and oxygen atoms in total. The van der Waals surface area contributed by atoms with E-state index in [1.54, 1.807) is 0 Å². The Balaban J connectivity index is 1.96. The molecule has 4 heteroatoms. The van der Waals surface area contributed by atoms with Crippen LogP contribution in [0.1, 0.15) is 37.8 Å². The van der Waals surface area contributed by atoms with E-state index in [4.69, 9.17) is 10.5 Å². The van der Waals surface area contributed by atoms with Gasteiger partial charge in [-0.05, 0) is 68.5 Å². The van der Waals surface area contributed by atoms with Gasteiger partial charge in [0.05, 0.1) is 12.3 Å².